The summed E-state index contributed by atoms with van der Waals surface area (Å²) in [4.78, 5) is 10.7. The normalized spacial score (nSPS) is 11.1. The maximum absolute atomic E-state index is 5.98. The van der Waals surface area contributed by atoms with Gasteiger partial charge in [-0.25, -0.2) is 9.97 Å². The Balaban J connectivity index is 1.83. The Hall–Kier alpha value is -2.38. The van der Waals surface area contributed by atoms with Crippen molar-refractivity contribution < 1.29 is 0 Å². The Kier molecular flexibility index (Phi) is 2.87. The molecule has 3 heterocycles. The predicted molar refractivity (Wildman–Crippen MR) is 80.6 cm³/mol. The minimum absolute atomic E-state index is 0.500. The summed E-state index contributed by atoms with van der Waals surface area (Å²) in [6.45, 7) is 0. The zero-order chi connectivity index (χ0) is 14.2. The van der Waals surface area contributed by atoms with Gasteiger partial charge in [-0.05, 0) is 28.8 Å². The zero-order valence-electron chi connectivity index (χ0n) is 10.5. The van der Waals surface area contributed by atoms with Crippen molar-refractivity contribution in [3.8, 4) is 17.2 Å². The number of benzene rings is 1. The molecule has 0 radical (unpaired) electrons. The summed E-state index contributed by atoms with van der Waals surface area (Å²) in [6.07, 6.45) is 1.50. The van der Waals surface area contributed by atoms with E-state index in [0.29, 0.717) is 16.7 Å². The number of fused-ring (bicyclic) bond motifs is 1. The summed E-state index contributed by atoms with van der Waals surface area (Å²) >= 11 is 7.52. The van der Waals surface area contributed by atoms with Gasteiger partial charge in [0.25, 0.3) is 0 Å². The second kappa shape index (κ2) is 4.87. The van der Waals surface area contributed by atoms with Gasteiger partial charge in [0.2, 0.25) is 5.82 Å². The van der Waals surface area contributed by atoms with Crippen LogP contribution in [-0.4, -0.2) is 30.2 Å². The first kappa shape index (κ1) is 12.4. The minimum Gasteiger partial charge on any atom is -0.225 e. The molecule has 8 heteroatoms. The van der Waals surface area contributed by atoms with E-state index in [9.17, 15) is 0 Å². The van der Waals surface area contributed by atoms with E-state index in [1.807, 2.05) is 23.6 Å². The number of halogens is 1. The average Bonchev–Trinajstić information content (AvgIpc) is 3.16. The molecule has 0 N–H and O–H groups in total. The van der Waals surface area contributed by atoms with Crippen molar-refractivity contribution in [2.45, 2.75) is 0 Å². The van der Waals surface area contributed by atoms with Crippen LogP contribution in [0.15, 0.2) is 42.0 Å². The van der Waals surface area contributed by atoms with Crippen molar-refractivity contribution in [2.24, 2.45) is 0 Å². The largest absolute Gasteiger partial charge is 0.225 e. The first-order valence-corrected chi connectivity index (χ1v) is 7.31. The maximum atomic E-state index is 5.98. The molecule has 0 amide bonds. The van der Waals surface area contributed by atoms with Gasteiger partial charge in [0.15, 0.2) is 5.82 Å². The van der Waals surface area contributed by atoms with Crippen molar-refractivity contribution >= 4 is 33.2 Å². The molecular weight excluding hydrogens is 308 g/mol. The third-order valence-corrected chi connectivity index (χ3v) is 3.98. The molecule has 0 fully saturated rings. The smallest absolute Gasteiger partial charge is 0.205 e. The van der Waals surface area contributed by atoms with Gasteiger partial charge in [-0.3, -0.25) is 0 Å². The Morgan fingerprint density at radius 3 is 3.00 bits per heavy atom. The van der Waals surface area contributed by atoms with E-state index in [1.54, 1.807) is 23.5 Å². The van der Waals surface area contributed by atoms with Crippen LogP contribution in [0.4, 0.5) is 0 Å². The fourth-order valence-electron chi connectivity index (χ4n) is 1.98. The van der Waals surface area contributed by atoms with Crippen LogP contribution in [0.2, 0.25) is 5.02 Å². The Morgan fingerprint density at radius 2 is 2.10 bits per heavy atom. The van der Waals surface area contributed by atoms with Gasteiger partial charge in [-0.2, -0.15) is 0 Å². The van der Waals surface area contributed by atoms with Crippen LogP contribution in [0.3, 0.4) is 0 Å². The molecule has 0 aliphatic heterocycles. The van der Waals surface area contributed by atoms with Gasteiger partial charge in [-0.15, -0.1) is 26.3 Å². The van der Waals surface area contributed by atoms with E-state index in [1.165, 1.54) is 11.1 Å². The topological polar surface area (TPSA) is 69.4 Å². The van der Waals surface area contributed by atoms with Crippen molar-refractivity contribution in [1.29, 1.82) is 0 Å². The van der Waals surface area contributed by atoms with Crippen molar-refractivity contribution in [3.63, 3.8) is 0 Å². The molecule has 1 aromatic carbocycles. The van der Waals surface area contributed by atoms with E-state index in [0.717, 1.165) is 15.8 Å². The molecule has 0 bridgehead atoms. The first-order valence-electron chi connectivity index (χ1n) is 6.06. The van der Waals surface area contributed by atoms with Crippen LogP contribution in [-0.2, 0) is 0 Å². The van der Waals surface area contributed by atoms with E-state index in [4.69, 9.17) is 11.6 Å². The van der Waals surface area contributed by atoms with Gasteiger partial charge < -0.3 is 0 Å². The lowest BCUT2D eigenvalue weighted by molar-refractivity contribution is 0.705. The number of hydrogen-bond donors (Lipinski definition) is 0. The molecule has 0 unspecified atom stereocenters. The number of rotatable bonds is 2. The van der Waals surface area contributed by atoms with Gasteiger partial charge in [0.05, 0.1) is 5.39 Å². The van der Waals surface area contributed by atoms with Crippen LogP contribution < -0.4 is 0 Å². The highest BCUT2D eigenvalue weighted by atomic mass is 35.5. The van der Waals surface area contributed by atoms with E-state index < -0.39 is 0 Å². The Morgan fingerprint density at radius 1 is 1.14 bits per heavy atom. The zero-order valence-corrected chi connectivity index (χ0v) is 12.1. The molecule has 6 nitrogen and oxygen atoms in total. The highest BCUT2D eigenvalue weighted by molar-refractivity contribution is 7.16. The first-order chi connectivity index (χ1) is 10.3. The highest BCUT2D eigenvalue weighted by Crippen LogP contribution is 2.23. The van der Waals surface area contributed by atoms with Crippen LogP contribution >= 0.6 is 22.9 Å². The minimum atomic E-state index is 0.500. The van der Waals surface area contributed by atoms with E-state index in [-0.39, 0.29) is 0 Å². The van der Waals surface area contributed by atoms with Crippen LogP contribution in [0.5, 0.6) is 0 Å². The third kappa shape index (κ3) is 2.16. The number of nitrogens with zero attached hydrogens (tertiary/aromatic N) is 6. The van der Waals surface area contributed by atoms with Crippen LogP contribution in [0, 0.1) is 0 Å². The number of thiophene rings is 1. The lowest BCUT2D eigenvalue weighted by atomic mass is 10.2. The van der Waals surface area contributed by atoms with Gasteiger partial charge in [-0.1, -0.05) is 23.7 Å². The predicted octanol–water partition coefficient (Wildman–Crippen LogP) is 2.99. The molecule has 0 atom stereocenters. The lowest BCUT2D eigenvalue weighted by Crippen LogP contribution is -2.02. The van der Waals surface area contributed by atoms with Crippen LogP contribution in [0.25, 0.3) is 27.4 Å². The van der Waals surface area contributed by atoms with Crippen LogP contribution in [0.1, 0.15) is 0 Å². The molecule has 0 saturated carbocycles. The number of tetrazole rings is 1. The second-order valence-electron chi connectivity index (χ2n) is 4.25. The molecule has 0 aliphatic carbocycles. The summed E-state index contributed by atoms with van der Waals surface area (Å²) in [6, 6.07) is 9.27. The Bertz CT molecular complexity index is 931. The molecule has 21 heavy (non-hydrogen) atoms. The molecule has 0 spiro atoms. The quantitative estimate of drug-likeness (QED) is 0.569. The van der Waals surface area contributed by atoms with Gasteiger partial charge in [0, 0.05) is 10.6 Å². The summed E-state index contributed by atoms with van der Waals surface area (Å²) in [7, 11) is 0. The van der Waals surface area contributed by atoms with E-state index in [2.05, 4.69) is 25.4 Å². The lowest BCUT2D eigenvalue weighted by Gasteiger charge is -1.98. The van der Waals surface area contributed by atoms with Crippen molar-refractivity contribution in [1.82, 2.24) is 30.2 Å². The molecule has 4 aromatic rings. The fourth-order valence-corrected chi connectivity index (χ4v) is 2.90. The maximum Gasteiger partial charge on any atom is 0.205 e. The van der Waals surface area contributed by atoms with E-state index >= 15 is 0 Å². The number of aromatic nitrogens is 6. The SMILES string of the molecule is Clc1cccc(-c2nnn(-c3ncnc4sccc34)n2)c1. The van der Waals surface area contributed by atoms with Gasteiger partial charge >= 0.3 is 0 Å². The monoisotopic (exact) mass is 314 g/mol. The van der Waals surface area contributed by atoms with Gasteiger partial charge in [0.1, 0.15) is 11.2 Å². The highest BCUT2D eigenvalue weighted by Gasteiger charge is 2.12. The summed E-state index contributed by atoms with van der Waals surface area (Å²) < 4.78 is 0. The summed E-state index contributed by atoms with van der Waals surface area (Å²) in [5, 5.41) is 16.0. The average molecular weight is 315 g/mol. The number of hydrogen-bond acceptors (Lipinski definition) is 6. The fraction of sp³-hybridized carbons (Fsp3) is 0. The second-order valence-corrected chi connectivity index (χ2v) is 5.58. The van der Waals surface area contributed by atoms with Crippen molar-refractivity contribution in [2.75, 3.05) is 0 Å². The molecule has 0 aliphatic rings. The molecule has 102 valence electrons. The van der Waals surface area contributed by atoms with Crippen molar-refractivity contribution in [3.05, 3.63) is 47.1 Å². The molecule has 3 aromatic heterocycles. The standard InChI is InChI=1S/C13H7ClN6S/c14-9-3-1-2-8(6-9)11-17-19-20(18-11)12-10-4-5-21-13(10)16-7-15-12/h1-7H. The molecule has 0 saturated heterocycles. The molecular formula is C13H7ClN6S. The summed E-state index contributed by atoms with van der Waals surface area (Å²) in [5.41, 5.74) is 0.810. The molecule has 4 rings (SSSR count). The third-order valence-electron chi connectivity index (χ3n) is 2.93. The summed E-state index contributed by atoms with van der Waals surface area (Å²) in [5.74, 6) is 1.11. The Labute approximate surface area is 128 Å².